The van der Waals surface area contributed by atoms with Gasteiger partial charge in [0.25, 0.3) is 0 Å². The Balaban J connectivity index is 3.50. The van der Waals surface area contributed by atoms with Crippen LogP contribution in [0.25, 0.3) is 0 Å². The van der Waals surface area contributed by atoms with Crippen LogP contribution in [-0.2, 0) is 4.79 Å². The summed E-state index contributed by atoms with van der Waals surface area (Å²) < 4.78 is 12.2. The molecule has 0 aromatic carbocycles. The summed E-state index contributed by atoms with van der Waals surface area (Å²) in [7, 11) is 0. The van der Waals surface area contributed by atoms with E-state index in [1.54, 1.807) is 6.92 Å². The van der Waals surface area contributed by atoms with E-state index in [1.165, 1.54) is 6.92 Å². The number of carboxylic acids is 1. The maximum Gasteiger partial charge on any atom is 0.303 e. The molecule has 0 aliphatic carbocycles. The van der Waals surface area contributed by atoms with Gasteiger partial charge < -0.3 is 5.11 Å². The van der Waals surface area contributed by atoms with Crippen molar-refractivity contribution in [1.82, 2.24) is 0 Å². The second kappa shape index (κ2) is 3.43. The lowest BCUT2D eigenvalue weighted by Crippen LogP contribution is -2.12. The summed E-state index contributed by atoms with van der Waals surface area (Å²) in [6, 6.07) is 0. The average Bonchev–Trinajstić information content (AvgIpc) is 1.63. The quantitative estimate of drug-likeness (QED) is 0.634. The minimum Gasteiger partial charge on any atom is -0.481 e. The molecule has 2 atom stereocenters. The summed E-state index contributed by atoms with van der Waals surface area (Å²) >= 11 is 0. The lowest BCUT2D eigenvalue weighted by molar-refractivity contribution is -0.138. The van der Waals surface area contributed by atoms with E-state index < -0.39 is 12.1 Å². The molecule has 0 fully saturated rings. The van der Waals surface area contributed by atoms with Gasteiger partial charge in [-0.1, -0.05) is 6.92 Å². The van der Waals surface area contributed by atoms with E-state index in [1.807, 2.05) is 0 Å². The Hall–Kier alpha value is -0.600. The molecule has 0 saturated carbocycles. The molecule has 0 saturated heterocycles. The van der Waals surface area contributed by atoms with E-state index in [0.717, 1.165) is 0 Å². The van der Waals surface area contributed by atoms with Gasteiger partial charge in [0.2, 0.25) is 0 Å². The maximum atomic E-state index is 12.2. The molecule has 0 aliphatic heterocycles. The van der Waals surface area contributed by atoms with Crippen molar-refractivity contribution >= 4 is 5.97 Å². The first kappa shape index (κ1) is 8.40. The van der Waals surface area contributed by atoms with Crippen molar-refractivity contribution in [2.45, 2.75) is 26.4 Å². The normalized spacial score (nSPS) is 16.8. The van der Waals surface area contributed by atoms with E-state index in [0.29, 0.717) is 0 Å². The number of carbonyl (C=O) groups is 1. The molecule has 0 heterocycles. The number of rotatable bonds is 3. The van der Waals surface area contributed by atoms with E-state index >= 15 is 0 Å². The first-order valence-corrected chi connectivity index (χ1v) is 2.90. The van der Waals surface area contributed by atoms with Gasteiger partial charge in [-0.05, 0) is 12.8 Å². The molecule has 0 aromatic heterocycles. The Labute approximate surface area is 53.7 Å². The molecule has 0 radical (unpaired) electrons. The summed E-state index contributed by atoms with van der Waals surface area (Å²) in [5.41, 5.74) is 0. The summed E-state index contributed by atoms with van der Waals surface area (Å²) in [6.45, 7) is 2.95. The Morgan fingerprint density at radius 1 is 1.67 bits per heavy atom. The lowest BCUT2D eigenvalue weighted by atomic mass is 10.0. The molecule has 0 rings (SSSR count). The van der Waals surface area contributed by atoms with Gasteiger partial charge in [0, 0.05) is 0 Å². The van der Waals surface area contributed by atoms with E-state index in [4.69, 9.17) is 5.11 Å². The second-order valence-electron chi connectivity index (χ2n) is 2.25. The predicted octanol–water partition coefficient (Wildman–Crippen LogP) is 1.46. The van der Waals surface area contributed by atoms with Crippen molar-refractivity contribution in [2.75, 3.05) is 0 Å². The fourth-order valence-electron chi connectivity index (χ4n) is 0.438. The largest absolute Gasteiger partial charge is 0.481 e. The van der Waals surface area contributed by atoms with Gasteiger partial charge in [-0.2, -0.15) is 0 Å². The summed E-state index contributed by atoms with van der Waals surface area (Å²) in [4.78, 5) is 9.95. The van der Waals surface area contributed by atoms with E-state index in [-0.39, 0.29) is 12.3 Å². The molecule has 1 N–H and O–H groups in total. The van der Waals surface area contributed by atoms with Crippen LogP contribution >= 0.6 is 0 Å². The number of halogens is 1. The molecule has 9 heavy (non-hydrogen) atoms. The number of hydrogen-bond acceptors (Lipinski definition) is 1. The topological polar surface area (TPSA) is 37.3 Å². The van der Waals surface area contributed by atoms with Crippen LogP contribution < -0.4 is 0 Å². The zero-order valence-corrected chi connectivity index (χ0v) is 5.60. The Morgan fingerprint density at radius 3 is 2.22 bits per heavy atom. The maximum absolute atomic E-state index is 12.2. The first-order valence-electron chi connectivity index (χ1n) is 2.90. The van der Waals surface area contributed by atoms with Crippen molar-refractivity contribution in [1.29, 1.82) is 0 Å². The number of alkyl halides is 1. The second-order valence-corrected chi connectivity index (χ2v) is 2.25. The zero-order chi connectivity index (χ0) is 7.44. The third-order valence-electron chi connectivity index (χ3n) is 1.28. The highest BCUT2D eigenvalue weighted by molar-refractivity contribution is 5.67. The fourth-order valence-corrected chi connectivity index (χ4v) is 0.438. The van der Waals surface area contributed by atoms with Gasteiger partial charge >= 0.3 is 5.97 Å². The van der Waals surface area contributed by atoms with Crippen LogP contribution in [0.15, 0.2) is 0 Å². The van der Waals surface area contributed by atoms with Crippen molar-refractivity contribution in [3.8, 4) is 0 Å². The molecule has 0 bridgehead atoms. The van der Waals surface area contributed by atoms with E-state index in [9.17, 15) is 9.18 Å². The van der Waals surface area contributed by atoms with Gasteiger partial charge in [0.15, 0.2) is 0 Å². The van der Waals surface area contributed by atoms with Crippen molar-refractivity contribution in [3.63, 3.8) is 0 Å². The highest BCUT2D eigenvalue weighted by Gasteiger charge is 2.13. The molecule has 0 aliphatic rings. The minimum absolute atomic E-state index is 0.0856. The van der Waals surface area contributed by atoms with E-state index in [2.05, 4.69) is 0 Å². The molecule has 0 unspecified atom stereocenters. The molecule has 0 amide bonds. The Kier molecular flexibility index (Phi) is 3.20. The number of aliphatic carboxylic acids is 1. The molecule has 0 spiro atoms. The summed E-state index contributed by atoms with van der Waals surface area (Å²) in [5, 5.41) is 8.17. The monoisotopic (exact) mass is 134 g/mol. The van der Waals surface area contributed by atoms with Gasteiger partial charge in [0.1, 0.15) is 6.17 Å². The van der Waals surface area contributed by atoms with Crippen LogP contribution in [0.1, 0.15) is 20.3 Å². The van der Waals surface area contributed by atoms with Crippen LogP contribution in [0.4, 0.5) is 4.39 Å². The summed E-state index contributed by atoms with van der Waals surface area (Å²) in [6.07, 6.45) is -1.11. The van der Waals surface area contributed by atoms with Crippen molar-refractivity contribution in [2.24, 2.45) is 5.92 Å². The average molecular weight is 134 g/mol. The third kappa shape index (κ3) is 3.94. The van der Waals surface area contributed by atoms with Crippen molar-refractivity contribution < 1.29 is 14.3 Å². The number of hydrogen-bond donors (Lipinski definition) is 1. The first-order chi connectivity index (χ1) is 4.04. The molecule has 3 heteroatoms. The van der Waals surface area contributed by atoms with Gasteiger partial charge in [-0.25, -0.2) is 4.39 Å². The minimum atomic E-state index is -1.03. The van der Waals surface area contributed by atoms with Crippen LogP contribution in [0.3, 0.4) is 0 Å². The van der Waals surface area contributed by atoms with Gasteiger partial charge in [0.05, 0.1) is 6.42 Å². The molecular formula is C6H11FO2. The highest BCUT2D eigenvalue weighted by Crippen LogP contribution is 2.09. The Bertz CT molecular complexity index is 101. The fraction of sp³-hybridized carbons (Fsp3) is 0.833. The third-order valence-corrected chi connectivity index (χ3v) is 1.28. The molecule has 2 nitrogen and oxygen atoms in total. The molecule has 0 aromatic rings. The van der Waals surface area contributed by atoms with Gasteiger partial charge in [-0.3, -0.25) is 4.79 Å². The zero-order valence-electron chi connectivity index (χ0n) is 5.60. The van der Waals surface area contributed by atoms with Crippen molar-refractivity contribution in [3.05, 3.63) is 0 Å². The Morgan fingerprint density at radius 2 is 2.11 bits per heavy atom. The standard InChI is InChI=1S/C6H11FO2/c1-4(5(2)7)3-6(8)9/h4-5H,3H2,1-2H3,(H,8,9)/t4-,5-/m1/s1. The van der Waals surface area contributed by atoms with Crippen LogP contribution in [0.2, 0.25) is 0 Å². The molecular weight excluding hydrogens is 123 g/mol. The predicted molar refractivity (Wildman–Crippen MR) is 32.0 cm³/mol. The SMILES string of the molecule is C[C@H](CC(=O)O)[C@@H](C)F. The molecule has 54 valence electrons. The number of carboxylic acid groups (broad SMARTS) is 1. The lowest BCUT2D eigenvalue weighted by Gasteiger charge is -2.07. The van der Waals surface area contributed by atoms with Crippen LogP contribution in [-0.4, -0.2) is 17.2 Å². The van der Waals surface area contributed by atoms with Crippen LogP contribution in [0.5, 0.6) is 0 Å². The van der Waals surface area contributed by atoms with Crippen LogP contribution in [0, 0.1) is 5.92 Å². The van der Waals surface area contributed by atoms with Gasteiger partial charge in [-0.15, -0.1) is 0 Å². The highest BCUT2D eigenvalue weighted by atomic mass is 19.1. The summed E-state index contributed by atoms with van der Waals surface area (Å²) in [5.74, 6) is -1.31. The smallest absolute Gasteiger partial charge is 0.303 e.